The van der Waals surface area contributed by atoms with E-state index in [-0.39, 0.29) is 5.78 Å². The number of esters is 1. The van der Waals surface area contributed by atoms with Gasteiger partial charge >= 0.3 is 5.97 Å². The maximum absolute atomic E-state index is 12.8. The van der Waals surface area contributed by atoms with Crippen molar-refractivity contribution in [3.63, 3.8) is 0 Å². The number of carbonyl (C=O) groups is 2. The monoisotopic (exact) mass is 382 g/mol. The van der Waals surface area contributed by atoms with Gasteiger partial charge in [-0.25, -0.2) is 0 Å². The van der Waals surface area contributed by atoms with Gasteiger partial charge in [0, 0.05) is 4.47 Å². The molecule has 0 radical (unpaired) electrons. The van der Waals surface area contributed by atoms with Gasteiger partial charge in [0.1, 0.15) is 11.9 Å². The van der Waals surface area contributed by atoms with Gasteiger partial charge in [-0.1, -0.05) is 49.0 Å². The lowest BCUT2D eigenvalue weighted by atomic mass is 9.87. The van der Waals surface area contributed by atoms with Crippen molar-refractivity contribution in [3.8, 4) is 5.75 Å². The molecule has 0 N–H and O–H groups in total. The second kappa shape index (κ2) is 8.48. The van der Waals surface area contributed by atoms with Crippen molar-refractivity contribution in [1.29, 1.82) is 0 Å². The molecule has 5 heteroatoms. The minimum atomic E-state index is -0.861. The van der Waals surface area contributed by atoms with Gasteiger partial charge in [-0.15, -0.1) is 0 Å². The van der Waals surface area contributed by atoms with Gasteiger partial charge in [-0.05, 0) is 31.0 Å². The Hall–Kier alpha value is -1.36. The number of rotatable bonds is 7. The SMILES string of the molecule is CCCCOC(=O)C1C(=O)c2cc(Br)ccc2OC1CCCC. The van der Waals surface area contributed by atoms with E-state index < -0.39 is 18.0 Å². The molecule has 0 aliphatic carbocycles. The van der Waals surface area contributed by atoms with Gasteiger partial charge in [0.2, 0.25) is 0 Å². The van der Waals surface area contributed by atoms with Crippen LogP contribution >= 0.6 is 15.9 Å². The van der Waals surface area contributed by atoms with Crippen LogP contribution in [-0.4, -0.2) is 24.5 Å². The van der Waals surface area contributed by atoms with E-state index in [0.29, 0.717) is 24.3 Å². The van der Waals surface area contributed by atoms with Crippen molar-refractivity contribution in [2.45, 2.75) is 52.1 Å². The summed E-state index contributed by atoms with van der Waals surface area (Å²) in [6, 6.07) is 5.32. The molecule has 2 rings (SSSR count). The standard InChI is InChI=1S/C18H23BrO4/c1-3-5-7-15-16(18(21)22-10-6-4-2)17(20)13-11-12(19)8-9-14(13)23-15/h8-9,11,15-16H,3-7,10H2,1-2H3. The molecular weight excluding hydrogens is 360 g/mol. The van der Waals surface area contributed by atoms with E-state index in [9.17, 15) is 9.59 Å². The molecule has 0 bridgehead atoms. The van der Waals surface area contributed by atoms with Crippen LogP contribution < -0.4 is 4.74 Å². The smallest absolute Gasteiger partial charge is 0.320 e. The molecule has 1 aromatic rings. The average molecular weight is 383 g/mol. The van der Waals surface area contributed by atoms with E-state index >= 15 is 0 Å². The lowest BCUT2D eigenvalue weighted by molar-refractivity contribution is -0.150. The zero-order valence-electron chi connectivity index (χ0n) is 13.6. The van der Waals surface area contributed by atoms with Crippen molar-refractivity contribution in [1.82, 2.24) is 0 Å². The van der Waals surface area contributed by atoms with Crippen LogP contribution in [0.2, 0.25) is 0 Å². The molecule has 0 amide bonds. The fourth-order valence-corrected chi connectivity index (χ4v) is 3.02. The van der Waals surface area contributed by atoms with Crippen molar-refractivity contribution in [2.24, 2.45) is 5.92 Å². The second-order valence-corrected chi connectivity index (χ2v) is 6.72. The molecule has 1 aliphatic rings. The van der Waals surface area contributed by atoms with Crippen LogP contribution in [0.25, 0.3) is 0 Å². The molecule has 1 heterocycles. The van der Waals surface area contributed by atoms with Crippen LogP contribution in [0.1, 0.15) is 56.3 Å². The van der Waals surface area contributed by atoms with E-state index in [0.717, 1.165) is 30.2 Å². The van der Waals surface area contributed by atoms with E-state index in [1.807, 2.05) is 13.0 Å². The highest BCUT2D eigenvalue weighted by Gasteiger charge is 2.42. The summed E-state index contributed by atoms with van der Waals surface area (Å²) in [5.74, 6) is -0.970. The molecule has 2 atom stereocenters. The van der Waals surface area contributed by atoms with E-state index in [1.165, 1.54) is 0 Å². The first kappa shape index (κ1) is 18.0. The van der Waals surface area contributed by atoms with Gasteiger partial charge in [-0.3, -0.25) is 9.59 Å². The molecule has 1 aliphatic heterocycles. The third-order valence-corrected chi connectivity index (χ3v) is 4.47. The minimum Gasteiger partial charge on any atom is -0.488 e. The van der Waals surface area contributed by atoms with Crippen LogP contribution in [0.15, 0.2) is 22.7 Å². The van der Waals surface area contributed by atoms with Crippen LogP contribution in [0.5, 0.6) is 5.75 Å². The van der Waals surface area contributed by atoms with Gasteiger partial charge in [-0.2, -0.15) is 0 Å². The third-order valence-electron chi connectivity index (χ3n) is 3.98. The predicted octanol–water partition coefficient (Wildman–Crippen LogP) is 4.54. The molecule has 126 valence electrons. The summed E-state index contributed by atoms with van der Waals surface area (Å²) in [7, 11) is 0. The molecule has 23 heavy (non-hydrogen) atoms. The normalized spacial score (nSPS) is 19.9. The Morgan fingerprint density at radius 1 is 1.26 bits per heavy atom. The predicted molar refractivity (Wildman–Crippen MR) is 91.8 cm³/mol. The lowest BCUT2D eigenvalue weighted by Crippen LogP contribution is -2.43. The average Bonchev–Trinajstić information content (AvgIpc) is 2.53. The summed E-state index contributed by atoms with van der Waals surface area (Å²) in [5, 5.41) is 0. The maximum Gasteiger partial charge on any atom is 0.320 e. The number of halogens is 1. The number of hydrogen-bond donors (Lipinski definition) is 0. The second-order valence-electron chi connectivity index (χ2n) is 5.80. The Morgan fingerprint density at radius 2 is 2.00 bits per heavy atom. The Kier molecular flexibility index (Phi) is 6.63. The zero-order valence-corrected chi connectivity index (χ0v) is 15.2. The van der Waals surface area contributed by atoms with Crippen LogP contribution in [-0.2, 0) is 9.53 Å². The molecule has 2 unspecified atom stereocenters. The van der Waals surface area contributed by atoms with E-state index in [2.05, 4.69) is 22.9 Å². The first-order valence-electron chi connectivity index (χ1n) is 8.25. The van der Waals surface area contributed by atoms with Crippen LogP contribution in [0, 0.1) is 5.92 Å². The Balaban J connectivity index is 2.24. The Bertz CT molecular complexity index is 570. The highest BCUT2D eigenvalue weighted by atomic mass is 79.9. The molecule has 0 saturated carbocycles. The van der Waals surface area contributed by atoms with Crippen molar-refractivity contribution in [3.05, 3.63) is 28.2 Å². The molecule has 0 aromatic heterocycles. The number of hydrogen-bond acceptors (Lipinski definition) is 4. The van der Waals surface area contributed by atoms with Gasteiger partial charge in [0.05, 0.1) is 12.2 Å². The third kappa shape index (κ3) is 4.34. The van der Waals surface area contributed by atoms with E-state index in [1.54, 1.807) is 12.1 Å². The molecule has 0 fully saturated rings. The van der Waals surface area contributed by atoms with E-state index in [4.69, 9.17) is 9.47 Å². The number of benzene rings is 1. The highest BCUT2D eigenvalue weighted by molar-refractivity contribution is 9.10. The summed E-state index contributed by atoms with van der Waals surface area (Å²) < 4.78 is 12.0. The Labute approximate surface area is 145 Å². The number of ketones is 1. The Morgan fingerprint density at radius 3 is 2.70 bits per heavy atom. The summed E-state index contributed by atoms with van der Waals surface area (Å²) in [4.78, 5) is 25.2. The minimum absolute atomic E-state index is 0.199. The summed E-state index contributed by atoms with van der Waals surface area (Å²) in [5.41, 5.74) is 0.449. The number of Topliss-reactive ketones (excluding diaryl/α,β-unsaturated/α-hetero) is 1. The number of unbranched alkanes of at least 4 members (excludes halogenated alkanes) is 2. The van der Waals surface area contributed by atoms with Gasteiger partial charge < -0.3 is 9.47 Å². The molecule has 0 spiro atoms. The topological polar surface area (TPSA) is 52.6 Å². The lowest BCUT2D eigenvalue weighted by Gasteiger charge is -2.31. The number of carbonyl (C=O) groups excluding carboxylic acids is 2. The fourth-order valence-electron chi connectivity index (χ4n) is 2.66. The summed E-state index contributed by atoms with van der Waals surface area (Å²) in [6.45, 7) is 4.45. The van der Waals surface area contributed by atoms with Crippen molar-refractivity contribution in [2.75, 3.05) is 6.61 Å². The number of fused-ring (bicyclic) bond motifs is 1. The maximum atomic E-state index is 12.8. The van der Waals surface area contributed by atoms with Crippen molar-refractivity contribution < 1.29 is 19.1 Å². The first-order chi connectivity index (χ1) is 11.1. The van der Waals surface area contributed by atoms with Crippen LogP contribution in [0.3, 0.4) is 0 Å². The molecule has 0 saturated heterocycles. The molecule has 4 nitrogen and oxygen atoms in total. The number of ether oxygens (including phenoxy) is 2. The zero-order chi connectivity index (χ0) is 16.8. The fraction of sp³-hybridized carbons (Fsp3) is 0.556. The quantitative estimate of drug-likeness (QED) is 0.394. The summed E-state index contributed by atoms with van der Waals surface area (Å²) in [6.07, 6.45) is 3.87. The van der Waals surface area contributed by atoms with Crippen molar-refractivity contribution >= 4 is 27.7 Å². The highest BCUT2D eigenvalue weighted by Crippen LogP contribution is 2.35. The first-order valence-corrected chi connectivity index (χ1v) is 9.04. The summed E-state index contributed by atoms with van der Waals surface area (Å²) >= 11 is 3.36. The molecular formula is C18H23BrO4. The molecule has 1 aromatic carbocycles. The largest absolute Gasteiger partial charge is 0.488 e. The van der Waals surface area contributed by atoms with Gasteiger partial charge in [0.25, 0.3) is 0 Å². The van der Waals surface area contributed by atoms with Crippen LogP contribution in [0.4, 0.5) is 0 Å². The van der Waals surface area contributed by atoms with Gasteiger partial charge in [0.15, 0.2) is 11.7 Å².